The Kier molecular flexibility index (Phi) is 5.39. The van der Waals surface area contributed by atoms with Crippen molar-refractivity contribution in [1.82, 2.24) is 9.29 Å². The van der Waals surface area contributed by atoms with Crippen LogP contribution in [0.1, 0.15) is 36.3 Å². The molecule has 0 radical (unpaired) electrons. The zero-order valence-corrected chi connectivity index (χ0v) is 17.3. The second-order valence-electron chi connectivity index (χ2n) is 7.03. The first-order chi connectivity index (χ1) is 13.5. The van der Waals surface area contributed by atoms with Crippen molar-refractivity contribution in [1.29, 1.82) is 0 Å². The highest BCUT2D eigenvalue weighted by Crippen LogP contribution is 2.31. The largest absolute Gasteiger partial charge is 0.497 e. The van der Waals surface area contributed by atoms with E-state index in [4.69, 9.17) is 4.74 Å². The molecule has 0 saturated carbocycles. The fraction of sp³-hybridized carbons (Fsp3) is 0.474. The standard InChI is InChI=1S/C19H23N3O4S2/c1-26-13-8-10-14(11-9-13)28(24,25)22-12-4-6-16(22)18(23)21-19-20-15-5-2-3-7-17(15)27-19/h8-11,16H,2-7,12H2,1H3,(H,20,21,23)/t16-/m1/s1. The Hall–Kier alpha value is -1.97. The van der Waals surface area contributed by atoms with Crippen LogP contribution in [0.4, 0.5) is 5.13 Å². The number of rotatable bonds is 5. The quantitative estimate of drug-likeness (QED) is 0.802. The molecule has 1 aromatic carbocycles. The summed E-state index contributed by atoms with van der Waals surface area (Å²) in [4.78, 5) is 18.8. The summed E-state index contributed by atoms with van der Waals surface area (Å²) in [7, 11) is -2.22. The van der Waals surface area contributed by atoms with Crippen LogP contribution in [-0.2, 0) is 27.7 Å². The molecule has 1 aliphatic heterocycles. The number of methoxy groups -OCH3 is 1. The van der Waals surface area contributed by atoms with Crippen LogP contribution < -0.4 is 10.1 Å². The van der Waals surface area contributed by atoms with Crippen molar-refractivity contribution in [3.63, 3.8) is 0 Å². The number of hydrogen-bond acceptors (Lipinski definition) is 6. The van der Waals surface area contributed by atoms with E-state index >= 15 is 0 Å². The van der Waals surface area contributed by atoms with Crippen LogP contribution in [0.25, 0.3) is 0 Å². The summed E-state index contributed by atoms with van der Waals surface area (Å²) >= 11 is 1.51. The molecule has 2 aromatic rings. The lowest BCUT2D eigenvalue weighted by molar-refractivity contribution is -0.119. The topological polar surface area (TPSA) is 88.6 Å². The fourth-order valence-corrected chi connectivity index (χ4v) is 6.48. The molecule has 9 heteroatoms. The molecule has 1 aliphatic carbocycles. The van der Waals surface area contributed by atoms with Crippen LogP contribution >= 0.6 is 11.3 Å². The van der Waals surface area contributed by atoms with Gasteiger partial charge < -0.3 is 10.1 Å². The normalized spacial score (nSPS) is 20.0. The van der Waals surface area contributed by atoms with Gasteiger partial charge in [-0.15, -0.1) is 11.3 Å². The molecular weight excluding hydrogens is 398 g/mol. The van der Waals surface area contributed by atoms with Gasteiger partial charge in [-0.05, 0) is 62.8 Å². The van der Waals surface area contributed by atoms with E-state index in [1.807, 2.05) is 0 Å². The van der Waals surface area contributed by atoms with E-state index < -0.39 is 16.1 Å². The third-order valence-corrected chi connectivity index (χ3v) is 8.24. The van der Waals surface area contributed by atoms with Gasteiger partial charge in [-0.1, -0.05) is 0 Å². The number of nitrogens with zero attached hydrogens (tertiary/aromatic N) is 2. The highest BCUT2D eigenvalue weighted by molar-refractivity contribution is 7.89. The Bertz CT molecular complexity index is 946. The molecule has 0 bridgehead atoms. The number of carbonyl (C=O) groups is 1. The number of aromatic nitrogens is 1. The van der Waals surface area contributed by atoms with E-state index in [1.54, 1.807) is 12.1 Å². The SMILES string of the molecule is COc1ccc(S(=O)(=O)N2CCC[C@@H]2C(=O)Nc2nc3c(s2)CCCC3)cc1. The van der Waals surface area contributed by atoms with Crippen molar-refractivity contribution in [2.24, 2.45) is 0 Å². The highest BCUT2D eigenvalue weighted by Gasteiger charge is 2.39. The summed E-state index contributed by atoms with van der Waals surface area (Å²) < 4.78 is 32.5. The third kappa shape index (κ3) is 3.66. The molecule has 4 rings (SSSR count). The number of benzene rings is 1. The molecule has 2 heterocycles. The van der Waals surface area contributed by atoms with Gasteiger partial charge in [0.1, 0.15) is 11.8 Å². The van der Waals surface area contributed by atoms with Crippen molar-refractivity contribution in [2.45, 2.75) is 49.5 Å². The van der Waals surface area contributed by atoms with Crippen molar-refractivity contribution >= 4 is 32.4 Å². The molecule has 150 valence electrons. The number of thiazole rings is 1. The van der Waals surface area contributed by atoms with Gasteiger partial charge in [-0.2, -0.15) is 4.31 Å². The number of sulfonamides is 1. The maximum Gasteiger partial charge on any atom is 0.244 e. The smallest absolute Gasteiger partial charge is 0.244 e. The van der Waals surface area contributed by atoms with E-state index in [9.17, 15) is 13.2 Å². The molecule has 2 aliphatic rings. The molecule has 1 atom stereocenters. The molecule has 28 heavy (non-hydrogen) atoms. The Balaban J connectivity index is 1.52. The number of carbonyl (C=O) groups excluding carboxylic acids is 1. The van der Waals surface area contributed by atoms with Crippen LogP contribution in [0, 0.1) is 0 Å². The molecule has 1 aromatic heterocycles. The summed E-state index contributed by atoms with van der Waals surface area (Å²) in [5, 5.41) is 3.43. The Labute approximate surface area is 168 Å². The molecule has 0 spiro atoms. The van der Waals surface area contributed by atoms with Gasteiger partial charge in [0.2, 0.25) is 15.9 Å². The van der Waals surface area contributed by atoms with Crippen LogP contribution in [-0.4, -0.2) is 43.3 Å². The van der Waals surface area contributed by atoms with Crippen molar-refractivity contribution < 1.29 is 17.9 Å². The number of nitrogens with one attached hydrogen (secondary N) is 1. The summed E-state index contributed by atoms with van der Waals surface area (Å²) in [6, 6.07) is 5.52. The summed E-state index contributed by atoms with van der Waals surface area (Å²) in [5.41, 5.74) is 1.07. The highest BCUT2D eigenvalue weighted by atomic mass is 32.2. The van der Waals surface area contributed by atoms with Gasteiger partial charge in [0.25, 0.3) is 0 Å². The van der Waals surface area contributed by atoms with Crippen molar-refractivity contribution in [3.05, 3.63) is 34.8 Å². The number of ether oxygens (including phenoxy) is 1. The van der Waals surface area contributed by atoms with E-state index in [2.05, 4.69) is 10.3 Å². The lowest BCUT2D eigenvalue weighted by atomic mass is 10.0. The number of anilines is 1. The minimum absolute atomic E-state index is 0.165. The molecular formula is C19H23N3O4S2. The molecule has 0 unspecified atom stereocenters. The zero-order chi connectivity index (χ0) is 19.7. The fourth-order valence-electron chi connectivity index (χ4n) is 3.77. The number of amides is 1. The number of fused-ring (bicyclic) bond motifs is 1. The van der Waals surface area contributed by atoms with Crippen LogP contribution in [0.15, 0.2) is 29.2 Å². The lowest BCUT2D eigenvalue weighted by Crippen LogP contribution is -2.43. The predicted molar refractivity (Wildman–Crippen MR) is 107 cm³/mol. The van der Waals surface area contributed by atoms with Crippen LogP contribution in [0.5, 0.6) is 5.75 Å². The zero-order valence-electron chi connectivity index (χ0n) is 15.7. The van der Waals surface area contributed by atoms with Crippen molar-refractivity contribution in [3.8, 4) is 5.75 Å². The lowest BCUT2D eigenvalue weighted by Gasteiger charge is -2.23. The Morgan fingerprint density at radius 1 is 1.21 bits per heavy atom. The molecule has 1 N–H and O–H groups in total. The molecule has 7 nitrogen and oxygen atoms in total. The maximum absolute atomic E-state index is 13.1. The summed E-state index contributed by atoms with van der Waals surface area (Å²) in [6.45, 7) is 0.334. The van der Waals surface area contributed by atoms with Gasteiger partial charge in [0.05, 0.1) is 17.7 Å². The average Bonchev–Trinajstić information content (AvgIpc) is 3.35. The summed E-state index contributed by atoms with van der Waals surface area (Å²) in [5.74, 6) is 0.281. The van der Waals surface area contributed by atoms with Crippen LogP contribution in [0.2, 0.25) is 0 Å². The first-order valence-corrected chi connectivity index (χ1v) is 11.7. The van der Waals surface area contributed by atoms with Gasteiger partial charge in [-0.25, -0.2) is 13.4 Å². The minimum atomic E-state index is -3.75. The van der Waals surface area contributed by atoms with Crippen molar-refractivity contribution in [2.75, 3.05) is 19.0 Å². The Morgan fingerprint density at radius 2 is 1.96 bits per heavy atom. The third-order valence-electron chi connectivity index (χ3n) is 5.25. The summed E-state index contributed by atoms with van der Waals surface area (Å²) in [6.07, 6.45) is 5.39. The minimum Gasteiger partial charge on any atom is -0.497 e. The first kappa shape index (κ1) is 19.4. The first-order valence-electron chi connectivity index (χ1n) is 9.44. The predicted octanol–water partition coefficient (Wildman–Crippen LogP) is 2.82. The van der Waals surface area contributed by atoms with E-state index in [0.29, 0.717) is 30.3 Å². The molecule has 1 amide bonds. The second kappa shape index (κ2) is 7.81. The monoisotopic (exact) mass is 421 g/mol. The number of hydrogen-bond donors (Lipinski definition) is 1. The van der Waals surface area contributed by atoms with Gasteiger partial charge in [0, 0.05) is 11.4 Å². The van der Waals surface area contributed by atoms with E-state index in [1.165, 1.54) is 39.8 Å². The van der Waals surface area contributed by atoms with E-state index in [-0.39, 0.29) is 10.8 Å². The Morgan fingerprint density at radius 3 is 2.68 bits per heavy atom. The maximum atomic E-state index is 13.1. The van der Waals surface area contributed by atoms with Gasteiger partial charge in [0.15, 0.2) is 5.13 Å². The molecule has 1 saturated heterocycles. The van der Waals surface area contributed by atoms with E-state index in [0.717, 1.165) is 31.4 Å². The average molecular weight is 422 g/mol. The van der Waals surface area contributed by atoms with Gasteiger partial charge >= 0.3 is 0 Å². The number of aryl methyl sites for hydroxylation is 2. The second-order valence-corrected chi connectivity index (χ2v) is 10.0. The van der Waals surface area contributed by atoms with Crippen LogP contribution in [0.3, 0.4) is 0 Å². The molecule has 1 fully saturated rings. The van der Waals surface area contributed by atoms with Gasteiger partial charge in [-0.3, -0.25) is 4.79 Å².